The highest BCUT2D eigenvalue weighted by atomic mass is 19.1. The Morgan fingerprint density at radius 1 is 1.15 bits per heavy atom. The molecule has 20 heavy (non-hydrogen) atoms. The lowest BCUT2D eigenvalue weighted by atomic mass is 9.78. The number of anilines is 1. The molecule has 2 fully saturated rings. The average Bonchev–Trinajstić information content (AvgIpc) is 2.47. The summed E-state index contributed by atoms with van der Waals surface area (Å²) in [5.41, 5.74) is 7.36. The maximum absolute atomic E-state index is 14.4. The predicted octanol–water partition coefficient (Wildman–Crippen LogP) is 3.49. The highest BCUT2D eigenvalue weighted by molar-refractivity contribution is 5.51. The molecule has 2 nitrogen and oxygen atoms in total. The van der Waals surface area contributed by atoms with E-state index in [0.29, 0.717) is 12.6 Å². The van der Waals surface area contributed by atoms with E-state index in [4.69, 9.17) is 5.73 Å². The molecule has 1 aliphatic carbocycles. The van der Waals surface area contributed by atoms with Crippen LogP contribution in [0, 0.1) is 11.7 Å². The second-order valence-corrected chi connectivity index (χ2v) is 6.27. The molecule has 0 radical (unpaired) electrons. The molecule has 1 aliphatic heterocycles. The Bertz CT molecular complexity index is 458. The number of piperidine rings is 1. The molecule has 0 spiro atoms. The molecule has 1 heterocycles. The van der Waals surface area contributed by atoms with Crippen molar-refractivity contribution in [2.45, 2.75) is 51.0 Å². The first-order valence-electron chi connectivity index (χ1n) is 8.04. The zero-order valence-electron chi connectivity index (χ0n) is 12.2. The molecule has 0 aromatic heterocycles. The fraction of sp³-hybridized carbons (Fsp3) is 0.647. The van der Waals surface area contributed by atoms with Gasteiger partial charge in [0.2, 0.25) is 0 Å². The summed E-state index contributed by atoms with van der Waals surface area (Å²) >= 11 is 0. The van der Waals surface area contributed by atoms with E-state index < -0.39 is 0 Å². The number of hydrogen-bond acceptors (Lipinski definition) is 2. The molecule has 2 unspecified atom stereocenters. The van der Waals surface area contributed by atoms with Crippen LogP contribution in [-0.2, 0) is 6.42 Å². The summed E-state index contributed by atoms with van der Waals surface area (Å²) < 4.78 is 14.4. The van der Waals surface area contributed by atoms with Gasteiger partial charge in [0.25, 0.3) is 0 Å². The van der Waals surface area contributed by atoms with Crippen molar-refractivity contribution >= 4 is 5.69 Å². The number of nitrogens with zero attached hydrogens (tertiary/aromatic N) is 1. The molecule has 0 bridgehead atoms. The fourth-order valence-corrected chi connectivity index (χ4v) is 4.03. The van der Waals surface area contributed by atoms with Crippen LogP contribution in [0.25, 0.3) is 0 Å². The maximum Gasteiger partial charge on any atom is 0.146 e. The van der Waals surface area contributed by atoms with Crippen LogP contribution in [0.2, 0.25) is 0 Å². The van der Waals surface area contributed by atoms with Crippen LogP contribution >= 0.6 is 0 Å². The van der Waals surface area contributed by atoms with Gasteiger partial charge in [-0.15, -0.1) is 0 Å². The van der Waals surface area contributed by atoms with Crippen molar-refractivity contribution in [3.05, 3.63) is 29.6 Å². The van der Waals surface area contributed by atoms with Gasteiger partial charge in [-0.25, -0.2) is 4.39 Å². The Balaban J connectivity index is 1.83. The predicted molar refractivity (Wildman–Crippen MR) is 81.5 cm³/mol. The summed E-state index contributed by atoms with van der Waals surface area (Å²) in [4.78, 5) is 2.34. The van der Waals surface area contributed by atoms with Gasteiger partial charge in [-0.2, -0.15) is 0 Å². The van der Waals surface area contributed by atoms with Gasteiger partial charge in [-0.05, 0) is 62.3 Å². The summed E-state index contributed by atoms with van der Waals surface area (Å²) in [5, 5.41) is 0. The van der Waals surface area contributed by atoms with Gasteiger partial charge in [-0.3, -0.25) is 0 Å². The third-order valence-electron chi connectivity index (χ3n) is 5.00. The summed E-state index contributed by atoms with van der Waals surface area (Å²) in [6.45, 7) is 1.58. The number of halogens is 1. The third-order valence-corrected chi connectivity index (χ3v) is 5.00. The average molecular weight is 276 g/mol. The lowest BCUT2D eigenvalue weighted by Gasteiger charge is -2.45. The van der Waals surface area contributed by atoms with Crippen molar-refractivity contribution < 1.29 is 4.39 Å². The first-order chi connectivity index (χ1) is 9.79. The minimum atomic E-state index is -0.0674. The summed E-state index contributed by atoms with van der Waals surface area (Å²) in [6.07, 6.45) is 8.49. The van der Waals surface area contributed by atoms with E-state index in [1.165, 1.54) is 38.5 Å². The summed E-state index contributed by atoms with van der Waals surface area (Å²) in [7, 11) is 0. The quantitative estimate of drug-likeness (QED) is 0.915. The van der Waals surface area contributed by atoms with E-state index in [0.717, 1.165) is 30.1 Å². The zero-order valence-corrected chi connectivity index (χ0v) is 12.2. The van der Waals surface area contributed by atoms with Crippen molar-refractivity contribution in [1.82, 2.24) is 0 Å². The SMILES string of the molecule is NCCc1ccc(N2CCCC3CCCCC32)c(F)c1. The van der Waals surface area contributed by atoms with Gasteiger partial charge in [0.15, 0.2) is 0 Å². The smallest absolute Gasteiger partial charge is 0.146 e. The Morgan fingerprint density at radius 2 is 1.95 bits per heavy atom. The monoisotopic (exact) mass is 276 g/mol. The molecule has 1 aromatic rings. The van der Waals surface area contributed by atoms with Crippen LogP contribution < -0.4 is 10.6 Å². The molecule has 3 rings (SSSR count). The van der Waals surface area contributed by atoms with Crippen molar-refractivity contribution in [2.24, 2.45) is 11.7 Å². The highest BCUT2D eigenvalue weighted by Gasteiger charge is 2.34. The number of rotatable bonds is 3. The van der Waals surface area contributed by atoms with Crippen LogP contribution in [0.4, 0.5) is 10.1 Å². The van der Waals surface area contributed by atoms with E-state index in [2.05, 4.69) is 4.90 Å². The molecule has 0 amide bonds. The Labute approximate surface area is 121 Å². The van der Waals surface area contributed by atoms with E-state index in [-0.39, 0.29) is 5.82 Å². The van der Waals surface area contributed by atoms with E-state index in [1.807, 2.05) is 12.1 Å². The molecule has 1 saturated heterocycles. The van der Waals surface area contributed by atoms with Gasteiger partial charge in [0.05, 0.1) is 5.69 Å². The number of nitrogens with two attached hydrogens (primary N) is 1. The fourth-order valence-electron chi connectivity index (χ4n) is 4.03. The lowest BCUT2D eigenvalue weighted by molar-refractivity contribution is 0.242. The second kappa shape index (κ2) is 6.13. The molecular formula is C17H25FN2. The molecule has 2 aliphatic rings. The second-order valence-electron chi connectivity index (χ2n) is 6.27. The van der Waals surface area contributed by atoms with Crippen molar-refractivity contribution in [1.29, 1.82) is 0 Å². The lowest BCUT2D eigenvalue weighted by Crippen LogP contribution is -2.47. The summed E-state index contributed by atoms with van der Waals surface area (Å²) in [6, 6.07) is 6.25. The number of benzene rings is 1. The minimum Gasteiger partial charge on any atom is -0.366 e. The van der Waals surface area contributed by atoms with Crippen molar-refractivity contribution in [2.75, 3.05) is 18.0 Å². The van der Waals surface area contributed by atoms with E-state index in [1.54, 1.807) is 6.07 Å². The van der Waals surface area contributed by atoms with Crippen molar-refractivity contribution in [3.63, 3.8) is 0 Å². The standard InChI is InChI=1S/C17H25FN2/c18-15-12-13(9-10-19)7-8-17(15)20-11-3-5-14-4-1-2-6-16(14)20/h7-8,12,14,16H,1-6,9-11,19H2. The van der Waals surface area contributed by atoms with Gasteiger partial charge >= 0.3 is 0 Å². The van der Waals surface area contributed by atoms with E-state index >= 15 is 0 Å². The van der Waals surface area contributed by atoms with Crippen molar-refractivity contribution in [3.8, 4) is 0 Å². The number of hydrogen-bond donors (Lipinski definition) is 1. The van der Waals surface area contributed by atoms with Gasteiger partial charge < -0.3 is 10.6 Å². The molecule has 1 saturated carbocycles. The van der Waals surface area contributed by atoms with Crippen LogP contribution in [0.15, 0.2) is 18.2 Å². The normalized spacial score (nSPS) is 26.4. The van der Waals surface area contributed by atoms with Gasteiger partial charge in [-0.1, -0.05) is 18.9 Å². The van der Waals surface area contributed by atoms with Crippen LogP contribution in [0.1, 0.15) is 44.1 Å². The van der Waals surface area contributed by atoms with Crippen LogP contribution in [-0.4, -0.2) is 19.1 Å². The molecule has 110 valence electrons. The highest BCUT2D eigenvalue weighted by Crippen LogP contribution is 2.38. The van der Waals surface area contributed by atoms with Crippen LogP contribution in [0.5, 0.6) is 0 Å². The largest absolute Gasteiger partial charge is 0.366 e. The molecule has 3 heteroatoms. The Morgan fingerprint density at radius 3 is 2.75 bits per heavy atom. The van der Waals surface area contributed by atoms with Gasteiger partial charge in [0.1, 0.15) is 5.82 Å². The Kier molecular flexibility index (Phi) is 4.25. The third kappa shape index (κ3) is 2.69. The topological polar surface area (TPSA) is 29.3 Å². The van der Waals surface area contributed by atoms with Gasteiger partial charge in [0, 0.05) is 12.6 Å². The van der Waals surface area contributed by atoms with E-state index in [9.17, 15) is 4.39 Å². The first kappa shape index (κ1) is 13.9. The van der Waals surface area contributed by atoms with Crippen LogP contribution in [0.3, 0.4) is 0 Å². The summed E-state index contributed by atoms with van der Waals surface area (Å²) in [5.74, 6) is 0.711. The number of fused-ring (bicyclic) bond motifs is 1. The Hall–Kier alpha value is -1.09. The molecular weight excluding hydrogens is 251 g/mol. The zero-order chi connectivity index (χ0) is 13.9. The first-order valence-corrected chi connectivity index (χ1v) is 8.04. The molecule has 2 N–H and O–H groups in total. The maximum atomic E-state index is 14.4. The molecule has 1 aromatic carbocycles. The minimum absolute atomic E-state index is 0.0674. The molecule has 2 atom stereocenters.